The fraction of sp³-hybridized carbons (Fsp3) is 0.235. The number of hydrogen-bond acceptors (Lipinski definition) is 4. The molecule has 6 heteroatoms. The Morgan fingerprint density at radius 2 is 2.13 bits per heavy atom. The van der Waals surface area contributed by atoms with Gasteiger partial charge in [-0.25, -0.2) is 9.78 Å². The van der Waals surface area contributed by atoms with Gasteiger partial charge in [0, 0.05) is 6.20 Å². The minimum atomic E-state index is -0.601. The highest BCUT2D eigenvalue weighted by molar-refractivity contribution is 6.29. The lowest BCUT2D eigenvalue weighted by atomic mass is 10.1. The maximum atomic E-state index is 12.0. The van der Waals surface area contributed by atoms with E-state index in [0.717, 1.165) is 18.4 Å². The summed E-state index contributed by atoms with van der Waals surface area (Å²) in [4.78, 5) is 27.6. The van der Waals surface area contributed by atoms with Crippen molar-refractivity contribution in [3.8, 4) is 0 Å². The Morgan fingerprint density at radius 3 is 2.96 bits per heavy atom. The number of ether oxygens (including phenoxy) is 1. The predicted octanol–water partition coefficient (Wildman–Crippen LogP) is 2.70. The Hall–Kier alpha value is -2.40. The number of aryl methyl sites for hydroxylation is 1. The molecule has 1 amide bonds. The largest absolute Gasteiger partial charge is 0.452 e. The summed E-state index contributed by atoms with van der Waals surface area (Å²) in [6, 6.07) is 10.9. The molecule has 1 aromatic heterocycles. The summed E-state index contributed by atoms with van der Waals surface area (Å²) < 4.78 is 5.01. The van der Waals surface area contributed by atoms with Gasteiger partial charge in [-0.15, -0.1) is 0 Å². The van der Waals surface area contributed by atoms with Gasteiger partial charge in [-0.3, -0.25) is 4.79 Å². The lowest BCUT2D eigenvalue weighted by Crippen LogP contribution is -2.31. The Kier molecular flexibility index (Phi) is 4.57. The standard InChI is InChI=1S/C17H15ClN2O3/c18-15-9-12(7-8-19-15)17(22)23-10-16(21)20-14-6-5-11-3-1-2-4-13(11)14/h1-4,7-9,14H,5-6,10H2,(H,20,21)/t14-/m0/s1. The van der Waals surface area contributed by atoms with Crippen LogP contribution in [0.25, 0.3) is 0 Å². The molecule has 1 aliphatic carbocycles. The van der Waals surface area contributed by atoms with Crippen molar-refractivity contribution < 1.29 is 14.3 Å². The number of carbonyl (C=O) groups is 2. The van der Waals surface area contributed by atoms with Crippen LogP contribution in [-0.4, -0.2) is 23.5 Å². The van der Waals surface area contributed by atoms with E-state index in [1.807, 2.05) is 18.2 Å². The number of amides is 1. The van der Waals surface area contributed by atoms with Crippen molar-refractivity contribution in [1.82, 2.24) is 10.3 Å². The maximum absolute atomic E-state index is 12.0. The number of benzene rings is 1. The van der Waals surface area contributed by atoms with Crippen LogP contribution in [0.15, 0.2) is 42.6 Å². The second kappa shape index (κ2) is 6.79. The van der Waals surface area contributed by atoms with Gasteiger partial charge in [0.25, 0.3) is 5.91 Å². The van der Waals surface area contributed by atoms with E-state index < -0.39 is 5.97 Å². The topological polar surface area (TPSA) is 68.3 Å². The molecule has 0 spiro atoms. The summed E-state index contributed by atoms with van der Waals surface area (Å²) in [7, 11) is 0. The zero-order valence-electron chi connectivity index (χ0n) is 12.3. The molecule has 1 aromatic carbocycles. The van der Waals surface area contributed by atoms with E-state index in [-0.39, 0.29) is 29.3 Å². The zero-order chi connectivity index (χ0) is 16.2. The number of halogens is 1. The summed E-state index contributed by atoms with van der Waals surface area (Å²) in [6.45, 7) is -0.322. The summed E-state index contributed by atoms with van der Waals surface area (Å²) >= 11 is 5.71. The first-order valence-electron chi connectivity index (χ1n) is 7.29. The van der Waals surface area contributed by atoms with Crippen molar-refractivity contribution in [3.63, 3.8) is 0 Å². The van der Waals surface area contributed by atoms with Gasteiger partial charge in [0.2, 0.25) is 0 Å². The Balaban J connectivity index is 1.54. The molecule has 5 nitrogen and oxygen atoms in total. The number of rotatable bonds is 4. The first-order chi connectivity index (χ1) is 11.1. The Morgan fingerprint density at radius 1 is 1.30 bits per heavy atom. The second-order valence-corrected chi connectivity index (χ2v) is 5.69. The third-order valence-corrected chi connectivity index (χ3v) is 3.97. The Bertz CT molecular complexity index is 748. The molecule has 23 heavy (non-hydrogen) atoms. The van der Waals surface area contributed by atoms with Crippen LogP contribution < -0.4 is 5.32 Å². The molecule has 0 saturated heterocycles. The van der Waals surface area contributed by atoms with Gasteiger partial charge in [0.15, 0.2) is 6.61 Å². The molecule has 1 aliphatic rings. The van der Waals surface area contributed by atoms with Crippen LogP contribution >= 0.6 is 11.6 Å². The number of aromatic nitrogens is 1. The number of carbonyl (C=O) groups excluding carboxylic acids is 2. The highest BCUT2D eigenvalue weighted by atomic mass is 35.5. The summed E-state index contributed by atoms with van der Waals surface area (Å²) in [5, 5.41) is 3.10. The van der Waals surface area contributed by atoms with Gasteiger partial charge in [0.05, 0.1) is 11.6 Å². The molecule has 0 fully saturated rings. The lowest BCUT2D eigenvalue weighted by molar-refractivity contribution is -0.125. The summed E-state index contributed by atoms with van der Waals surface area (Å²) in [5.74, 6) is -0.920. The molecular formula is C17H15ClN2O3. The number of nitrogens with zero attached hydrogens (tertiary/aromatic N) is 1. The predicted molar refractivity (Wildman–Crippen MR) is 85.2 cm³/mol. The van der Waals surface area contributed by atoms with Gasteiger partial charge in [-0.05, 0) is 36.1 Å². The molecule has 1 N–H and O–H groups in total. The molecule has 0 bridgehead atoms. The van der Waals surface area contributed by atoms with Crippen LogP contribution in [-0.2, 0) is 16.0 Å². The molecular weight excluding hydrogens is 316 g/mol. The van der Waals surface area contributed by atoms with Crippen LogP contribution in [0.2, 0.25) is 5.15 Å². The average Bonchev–Trinajstić information content (AvgIpc) is 2.96. The third kappa shape index (κ3) is 3.68. The SMILES string of the molecule is O=C(COC(=O)c1ccnc(Cl)c1)N[C@H]1CCc2ccccc21. The molecule has 0 unspecified atom stereocenters. The number of nitrogens with one attached hydrogen (secondary N) is 1. The van der Waals surface area contributed by atoms with Crippen LogP contribution in [0, 0.1) is 0 Å². The van der Waals surface area contributed by atoms with Crippen LogP contribution in [0.4, 0.5) is 0 Å². The van der Waals surface area contributed by atoms with Crippen LogP contribution in [0.1, 0.15) is 33.9 Å². The van der Waals surface area contributed by atoms with Crippen molar-refractivity contribution in [2.75, 3.05) is 6.61 Å². The fourth-order valence-corrected chi connectivity index (χ4v) is 2.86. The highest BCUT2D eigenvalue weighted by Gasteiger charge is 2.23. The van der Waals surface area contributed by atoms with Gasteiger partial charge >= 0.3 is 5.97 Å². The van der Waals surface area contributed by atoms with Crippen molar-refractivity contribution >= 4 is 23.5 Å². The highest BCUT2D eigenvalue weighted by Crippen LogP contribution is 2.30. The first-order valence-corrected chi connectivity index (χ1v) is 7.67. The average molecular weight is 331 g/mol. The van der Waals surface area contributed by atoms with Gasteiger partial charge in [-0.1, -0.05) is 35.9 Å². The monoisotopic (exact) mass is 330 g/mol. The van der Waals surface area contributed by atoms with E-state index in [1.54, 1.807) is 0 Å². The molecule has 3 rings (SSSR count). The van der Waals surface area contributed by atoms with E-state index in [2.05, 4.69) is 16.4 Å². The van der Waals surface area contributed by atoms with Crippen LogP contribution in [0.5, 0.6) is 0 Å². The zero-order valence-corrected chi connectivity index (χ0v) is 13.0. The van der Waals surface area contributed by atoms with E-state index >= 15 is 0 Å². The van der Waals surface area contributed by atoms with E-state index in [4.69, 9.17) is 16.3 Å². The molecule has 0 radical (unpaired) electrons. The second-order valence-electron chi connectivity index (χ2n) is 5.30. The number of hydrogen-bond donors (Lipinski definition) is 1. The van der Waals surface area contributed by atoms with Crippen molar-refractivity contribution in [1.29, 1.82) is 0 Å². The van der Waals surface area contributed by atoms with E-state index in [0.29, 0.717) is 0 Å². The van der Waals surface area contributed by atoms with Crippen molar-refractivity contribution in [3.05, 3.63) is 64.4 Å². The molecule has 1 atom stereocenters. The van der Waals surface area contributed by atoms with Crippen LogP contribution in [0.3, 0.4) is 0 Å². The lowest BCUT2D eigenvalue weighted by Gasteiger charge is -2.14. The third-order valence-electron chi connectivity index (χ3n) is 3.76. The minimum Gasteiger partial charge on any atom is -0.452 e. The molecule has 0 saturated carbocycles. The smallest absolute Gasteiger partial charge is 0.338 e. The number of pyridine rings is 1. The fourth-order valence-electron chi connectivity index (χ4n) is 2.69. The minimum absolute atomic E-state index is 0.0206. The van der Waals surface area contributed by atoms with Gasteiger partial charge < -0.3 is 10.1 Å². The van der Waals surface area contributed by atoms with E-state index in [9.17, 15) is 9.59 Å². The van der Waals surface area contributed by atoms with E-state index in [1.165, 1.54) is 23.9 Å². The molecule has 2 aromatic rings. The van der Waals surface area contributed by atoms with Crippen molar-refractivity contribution in [2.45, 2.75) is 18.9 Å². The Labute approximate surface area is 138 Å². The van der Waals surface area contributed by atoms with Crippen molar-refractivity contribution in [2.24, 2.45) is 0 Å². The van der Waals surface area contributed by atoms with Gasteiger partial charge in [0.1, 0.15) is 5.15 Å². The number of esters is 1. The maximum Gasteiger partial charge on any atom is 0.338 e. The summed E-state index contributed by atoms with van der Waals surface area (Å²) in [6.07, 6.45) is 3.21. The quantitative estimate of drug-likeness (QED) is 0.691. The number of fused-ring (bicyclic) bond motifs is 1. The van der Waals surface area contributed by atoms with Gasteiger partial charge in [-0.2, -0.15) is 0 Å². The molecule has 1 heterocycles. The summed E-state index contributed by atoms with van der Waals surface area (Å²) in [5.41, 5.74) is 2.65. The molecule has 0 aliphatic heterocycles. The normalized spacial score (nSPS) is 15.8. The molecule has 118 valence electrons. The first kappa shape index (κ1) is 15.5.